The number of ketones is 1. The molecule has 1 heterocycles. The molecule has 0 bridgehead atoms. The summed E-state index contributed by atoms with van der Waals surface area (Å²) in [6, 6.07) is 15.1. The van der Waals surface area contributed by atoms with Gasteiger partial charge in [-0.2, -0.15) is 5.10 Å². The van der Waals surface area contributed by atoms with Gasteiger partial charge in [-0.3, -0.25) is 4.79 Å². The van der Waals surface area contributed by atoms with Crippen molar-refractivity contribution in [3.05, 3.63) is 77.1 Å². The average Bonchev–Trinajstić information content (AvgIpc) is 2.99. The van der Waals surface area contributed by atoms with E-state index in [9.17, 15) is 4.79 Å². The molecule has 1 aromatic heterocycles. The number of rotatable bonds is 6. The zero-order valence-electron chi connectivity index (χ0n) is 15.9. The molecule has 5 nitrogen and oxygen atoms in total. The van der Waals surface area contributed by atoms with Crippen LogP contribution in [0.25, 0.3) is 11.8 Å². The molecule has 138 valence electrons. The van der Waals surface area contributed by atoms with E-state index >= 15 is 0 Å². The number of hydrogen-bond acceptors (Lipinski definition) is 4. The standard InChI is InChI=1S/C22H22N2O3/c1-15-19(16(2)24(23-15)18-8-6-5-7-9-18)11-12-20(25)17-10-13-21(26-3)22(14-17)27-4/h5-14H,1-4H3/b12-11-. The number of carbonyl (C=O) groups excluding carboxylic acids is 1. The van der Waals surface area contributed by atoms with Gasteiger partial charge in [-0.15, -0.1) is 0 Å². The summed E-state index contributed by atoms with van der Waals surface area (Å²) in [5.74, 6) is 1.01. The van der Waals surface area contributed by atoms with E-state index in [4.69, 9.17) is 9.47 Å². The predicted octanol–water partition coefficient (Wildman–Crippen LogP) is 4.40. The molecule has 3 aromatic rings. The van der Waals surface area contributed by atoms with Crippen LogP contribution < -0.4 is 9.47 Å². The smallest absolute Gasteiger partial charge is 0.185 e. The second-order valence-electron chi connectivity index (χ2n) is 6.10. The first-order chi connectivity index (χ1) is 13.0. The molecule has 0 unspecified atom stereocenters. The number of nitrogens with zero attached hydrogens (tertiary/aromatic N) is 2. The highest BCUT2D eigenvalue weighted by Gasteiger charge is 2.12. The fraction of sp³-hybridized carbons (Fsp3) is 0.182. The summed E-state index contributed by atoms with van der Waals surface area (Å²) in [6.45, 7) is 3.93. The molecule has 0 aliphatic heterocycles. The number of para-hydroxylation sites is 1. The van der Waals surface area contributed by atoms with Crippen molar-refractivity contribution in [2.45, 2.75) is 13.8 Å². The number of ether oxygens (including phenoxy) is 2. The van der Waals surface area contributed by atoms with Crippen LogP contribution in [0, 0.1) is 13.8 Å². The van der Waals surface area contributed by atoms with Crippen LogP contribution in [0.3, 0.4) is 0 Å². The van der Waals surface area contributed by atoms with Crippen molar-refractivity contribution in [3.63, 3.8) is 0 Å². The number of carbonyl (C=O) groups is 1. The van der Waals surface area contributed by atoms with Crippen molar-refractivity contribution in [1.82, 2.24) is 9.78 Å². The fourth-order valence-corrected chi connectivity index (χ4v) is 2.96. The molecule has 3 rings (SSSR count). The lowest BCUT2D eigenvalue weighted by atomic mass is 10.1. The van der Waals surface area contributed by atoms with Crippen molar-refractivity contribution >= 4 is 11.9 Å². The van der Waals surface area contributed by atoms with Gasteiger partial charge < -0.3 is 9.47 Å². The van der Waals surface area contributed by atoms with Crippen LogP contribution in [0.15, 0.2) is 54.6 Å². The minimum atomic E-state index is -0.109. The molecule has 2 aromatic carbocycles. The lowest BCUT2D eigenvalue weighted by Gasteiger charge is -2.08. The predicted molar refractivity (Wildman–Crippen MR) is 106 cm³/mol. The first-order valence-corrected chi connectivity index (χ1v) is 8.61. The molecule has 0 fully saturated rings. The zero-order valence-corrected chi connectivity index (χ0v) is 15.9. The van der Waals surface area contributed by atoms with E-state index in [0.717, 1.165) is 22.6 Å². The van der Waals surface area contributed by atoms with E-state index < -0.39 is 0 Å². The highest BCUT2D eigenvalue weighted by Crippen LogP contribution is 2.28. The maximum atomic E-state index is 12.6. The molecular weight excluding hydrogens is 340 g/mol. The highest BCUT2D eigenvalue weighted by molar-refractivity contribution is 6.07. The molecule has 0 spiro atoms. The summed E-state index contributed by atoms with van der Waals surface area (Å²) in [5.41, 5.74) is 4.31. The highest BCUT2D eigenvalue weighted by atomic mass is 16.5. The van der Waals surface area contributed by atoms with Gasteiger partial charge in [0.25, 0.3) is 0 Å². The minimum absolute atomic E-state index is 0.109. The Morgan fingerprint density at radius 2 is 1.70 bits per heavy atom. The van der Waals surface area contributed by atoms with Gasteiger partial charge in [-0.25, -0.2) is 4.68 Å². The molecule has 0 saturated heterocycles. The molecule has 0 aliphatic carbocycles. The minimum Gasteiger partial charge on any atom is -0.493 e. The maximum Gasteiger partial charge on any atom is 0.185 e. The lowest BCUT2D eigenvalue weighted by molar-refractivity contribution is 0.104. The van der Waals surface area contributed by atoms with Gasteiger partial charge in [0.05, 0.1) is 25.6 Å². The summed E-state index contributed by atoms with van der Waals surface area (Å²) in [7, 11) is 3.11. The number of hydrogen-bond donors (Lipinski definition) is 0. The maximum absolute atomic E-state index is 12.6. The number of methoxy groups -OCH3 is 2. The van der Waals surface area contributed by atoms with Crippen molar-refractivity contribution in [1.29, 1.82) is 0 Å². The molecule has 0 saturated carbocycles. The van der Waals surface area contributed by atoms with Crippen LogP contribution in [-0.4, -0.2) is 29.8 Å². The Balaban J connectivity index is 1.88. The Morgan fingerprint density at radius 3 is 2.37 bits per heavy atom. The third-order valence-electron chi connectivity index (χ3n) is 4.42. The van der Waals surface area contributed by atoms with Crippen molar-refractivity contribution < 1.29 is 14.3 Å². The number of benzene rings is 2. The van der Waals surface area contributed by atoms with E-state index in [-0.39, 0.29) is 5.78 Å². The number of aryl methyl sites for hydroxylation is 1. The first kappa shape index (κ1) is 18.5. The van der Waals surface area contributed by atoms with Crippen LogP contribution in [0.4, 0.5) is 0 Å². The molecule has 0 atom stereocenters. The lowest BCUT2D eigenvalue weighted by Crippen LogP contribution is -1.99. The van der Waals surface area contributed by atoms with E-state index in [1.165, 1.54) is 0 Å². The Morgan fingerprint density at radius 1 is 1.00 bits per heavy atom. The molecule has 27 heavy (non-hydrogen) atoms. The van der Waals surface area contributed by atoms with Crippen LogP contribution in [-0.2, 0) is 0 Å². The second kappa shape index (κ2) is 7.91. The van der Waals surface area contributed by atoms with Gasteiger partial charge in [0.15, 0.2) is 17.3 Å². The van der Waals surface area contributed by atoms with Crippen molar-refractivity contribution in [3.8, 4) is 17.2 Å². The van der Waals surface area contributed by atoms with Crippen LogP contribution in [0.2, 0.25) is 0 Å². The van der Waals surface area contributed by atoms with Gasteiger partial charge in [0.2, 0.25) is 0 Å². The van der Waals surface area contributed by atoms with E-state index in [1.54, 1.807) is 38.5 Å². The molecular formula is C22H22N2O3. The van der Waals surface area contributed by atoms with Gasteiger partial charge >= 0.3 is 0 Å². The molecule has 0 aliphatic rings. The Bertz CT molecular complexity index is 988. The van der Waals surface area contributed by atoms with E-state index in [2.05, 4.69) is 5.10 Å². The van der Waals surface area contributed by atoms with Gasteiger partial charge in [-0.05, 0) is 56.3 Å². The zero-order chi connectivity index (χ0) is 19.4. The van der Waals surface area contributed by atoms with Gasteiger partial charge in [-0.1, -0.05) is 18.2 Å². The third kappa shape index (κ3) is 3.77. The quantitative estimate of drug-likeness (QED) is 0.482. The van der Waals surface area contributed by atoms with Gasteiger partial charge in [0.1, 0.15) is 0 Å². The normalized spacial score (nSPS) is 11.0. The molecule has 0 N–H and O–H groups in total. The topological polar surface area (TPSA) is 53.3 Å². The van der Waals surface area contributed by atoms with Crippen molar-refractivity contribution in [2.24, 2.45) is 0 Å². The third-order valence-corrected chi connectivity index (χ3v) is 4.42. The second-order valence-corrected chi connectivity index (χ2v) is 6.10. The molecule has 0 radical (unpaired) electrons. The largest absolute Gasteiger partial charge is 0.493 e. The number of aromatic nitrogens is 2. The summed E-state index contributed by atoms with van der Waals surface area (Å²) >= 11 is 0. The van der Waals surface area contributed by atoms with Crippen LogP contribution in [0.5, 0.6) is 11.5 Å². The first-order valence-electron chi connectivity index (χ1n) is 8.61. The molecule has 0 amide bonds. The Hall–Kier alpha value is -3.34. The summed E-state index contributed by atoms with van der Waals surface area (Å²) in [4.78, 5) is 12.6. The summed E-state index contributed by atoms with van der Waals surface area (Å²) < 4.78 is 12.4. The Kier molecular flexibility index (Phi) is 5.41. The van der Waals surface area contributed by atoms with Crippen molar-refractivity contribution in [2.75, 3.05) is 14.2 Å². The van der Waals surface area contributed by atoms with E-state index in [0.29, 0.717) is 17.1 Å². The Labute approximate surface area is 158 Å². The monoisotopic (exact) mass is 362 g/mol. The van der Waals surface area contributed by atoms with Crippen LogP contribution in [0.1, 0.15) is 27.3 Å². The van der Waals surface area contributed by atoms with Crippen LogP contribution >= 0.6 is 0 Å². The number of allylic oxidation sites excluding steroid dienone is 1. The summed E-state index contributed by atoms with van der Waals surface area (Å²) in [6.07, 6.45) is 3.38. The SMILES string of the molecule is COc1ccc(C(=O)/C=C\c2c(C)nn(-c3ccccc3)c2C)cc1OC. The fourth-order valence-electron chi connectivity index (χ4n) is 2.96. The van der Waals surface area contributed by atoms with E-state index in [1.807, 2.05) is 54.9 Å². The molecule has 5 heteroatoms. The average molecular weight is 362 g/mol. The summed E-state index contributed by atoms with van der Waals surface area (Å²) in [5, 5.41) is 4.60. The van der Waals surface area contributed by atoms with Gasteiger partial charge in [0, 0.05) is 16.8 Å².